The van der Waals surface area contributed by atoms with Gasteiger partial charge in [0.2, 0.25) is 5.91 Å². The molecule has 1 aromatic rings. The maximum Gasteiger partial charge on any atom is 0.236 e. The summed E-state index contributed by atoms with van der Waals surface area (Å²) in [5.74, 6) is 6.78. The van der Waals surface area contributed by atoms with Crippen molar-refractivity contribution in [2.24, 2.45) is 5.84 Å². The van der Waals surface area contributed by atoms with Gasteiger partial charge in [-0.05, 0) is 37.0 Å². The van der Waals surface area contributed by atoms with Gasteiger partial charge in [0.1, 0.15) is 0 Å². The minimum atomic E-state index is -0.0349. The Morgan fingerprint density at radius 2 is 1.89 bits per heavy atom. The number of aryl methyl sites for hydroxylation is 1. The quantitative estimate of drug-likeness (QED) is 0.353. The van der Waals surface area contributed by atoms with E-state index in [0.717, 1.165) is 35.8 Å². The predicted octanol–water partition coefficient (Wildman–Crippen LogP) is 1.75. The zero-order valence-corrected chi connectivity index (χ0v) is 11.8. The van der Waals surface area contributed by atoms with Crippen LogP contribution in [0.4, 0.5) is 0 Å². The topological polar surface area (TPSA) is 64.8 Å². The number of hydrogen-bond donors (Lipinski definition) is 1. The number of ether oxygens (including phenoxy) is 2. The fourth-order valence-electron chi connectivity index (χ4n) is 1.82. The number of unbranched alkanes of at least 4 members (excludes halogenated alkanes) is 1. The summed E-state index contributed by atoms with van der Waals surface area (Å²) in [6.07, 6.45) is 3.16. The van der Waals surface area contributed by atoms with Gasteiger partial charge in [-0.25, -0.2) is 5.84 Å². The normalized spacial score (nSPS) is 10.1. The summed E-state index contributed by atoms with van der Waals surface area (Å²) in [4.78, 5) is 11.3. The van der Waals surface area contributed by atoms with Crippen LogP contribution in [-0.4, -0.2) is 32.2 Å². The molecule has 0 aliphatic rings. The Morgan fingerprint density at radius 1 is 1.21 bits per heavy atom. The third-order valence-electron chi connectivity index (χ3n) is 2.95. The van der Waals surface area contributed by atoms with Crippen LogP contribution in [0.3, 0.4) is 0 Å². The average Bonchev–Trinajstić information content (AvgIpc) is 2.42. The molecule has 5 heteroatoms. The molecule has 1 aromatic carbocycles. The summed E-state index contributed by atoms with van der Waals surface area (Å²) >= 11 is 0. The highest BCUT2D eigenvalue weighted by Gasteiger charge is 2.06. The second kappa shape index (κ2) is 7.63. The summed E-state index contributed by atoms with van der Waals surface area (Å²) in [6, 6.07) is 5.88. The van der Waals surface area contributed by atoms with E-state index in [-0.39, 0.29) is 5.91 Å². The van der Waals surface area contributed by atoms with E-state index in [9.17, 15) is 4.79 Å². The van der Waals surface area contributed by atoms with Crippen molar-refractivity contribution in [2.75, 3.05) is 21.3 Å². The maximum absolute atomic E-state index is 11.3. The molecule has 0 radical (unpaired) electrons. The smallest absolute Gasteiger partial charge is 0.236 e. The lowest BCUT2D eigenvalue weighted by atomic mass is 10.1. The summed E-state index contributed by atoms with van der Waals surface area (Å²) < 4.78 is 10.4. The van der Waals surface area contributed by atoms with Gasteiger partial charge in [-0.2, -0.15) is 0 Å². The summed E-state index contributed by atoms with van der Waals surface area (Å²) in [5.41, 5.74) is 1.17. The number of nitrogens with two attached hydrogens (primary N) is 1. The molecule has 5 nitrogen and oxygen atoms in total. The van der Waals surface area contributed by atoms with Crippen molar-refractivity contribution in [3.63, 3.8) is 0 Å². The fourth-order valence-corrected chi connectivity index (χ4v) is 1.82. The lowest BCUT2D eigenvalue weighted by Crippen LogP contribution is -2.32. The van der Waals surface area contributed by atoms with Crippen LogP contribution >= 0.6 is 0 Å². The zero-order valence-electron chi connectivity index (χ0n) is 11.8. The molecule has 0 spiro atoms. The third kappa shape index (κ3) is 4.79. The molecule has 106 valence electrons. The molecule has 0 heterocycles. The van der Waals surface area contributed by atoms with E-state index in [1.165, 1.54) is 5.56 Å². The molecule has 0 aromatic heterocycles. The Balaban J connectivity index is 2.43. The van der Waals surface area contributed by atoms with E-state index in [4.69, 9.17) is 15.3 Å². The van der Waals surface area contributed by atoms with Crippen molar-refractivity contribution >= 4 is 5.91 Å². The summed E-state index contributed by atoms with van der Waals surface area (Å²) in [7, 11) is 4.81. The highest BCUT2D eigenvalue weighted by Crippen LogP contribution is 2.28. The SMILES string of the molecule is COc1ccc(CCCCC(=O)N(C)N)cc1OC. The van der Waals surface area contributed by atoms with Crippen LogP contribution in [0.1, 0.15) is 24.8 Å². The number of benzene rings is 1. The van der Waals surface area contributed by atoms with Gasteiger partial charge in [0.25, 0.3) is 0 Å². The van der Waals surface area contributed by atoms with Crippen LogP contribution in [0.2, 0.25) is 0 Å². The first-order chi connectivity index (χ1) is 9.08. The number of amides is 1. The molecule has 0 atom stereocenters. The van der Waals surface area contributed by atoms with Crippen LogP contribution in [-0.2, 0) is 11.2 Å². The van der Waals surface area contributed by atoms with Crippen molar-refractivity contribution in [2.45, 2.75) is 25.7 Å². The Labute approximate surface area is 114 Å². The van der Waals surface area contributed by atoms with Crippen LogP contribution in [0.5, 0.6) is 11.5 Å². The molecule has 19 heavy (non-hydrogen) atoms. The molecular weight excluding hydrogens is 244 g/mol. The van der Waals surface area contributed by atoms with Crippen molar-refractivity contribution < 1.29 is 14.3 Å². The van der Waals surface area contributed by atoms with Gasteiger partial charge in [-0.15, -0.1) is 0 Å². The second-order valence-corrected chi connectivity index (χ2v) is 4.40. The maximum atomic E-state index is 11.3. The highest BCUT2D eigenvalue weighted by atomic mass is 16.5. The van der Waals surface area contributed by atoms with Crippen molar-refractivity contribution in [3.05, 3.63) is 23.8 Å². The van der Waals surface area contributed by atoms with Gasteiger partial charge in [-0.1, -0.05) is 6.07 Å². The molecular formula is C14H22N2O3. The highest BCUT2D eigenvalue weighted by molar-refractivity contribution is 5.75. The molecule has 0 aliphatic heterocycles. The van der Waals surface area contributed by atoms with Gasteiger partial charge in [0, 0.05) is 13.5 Å². The van der Waals surface area contributed by atoms with Gasteiger partial charge in [0.15, 0.2) is 11.5 Å². The van der Waals surface area contributed by atoms with E-state index in [1.54, 1.807) is 21.3 Å². The minimum Gasteiger partial charge on any atom is -0.493 e. The summed E-state index contributed by atoms with van der Waals surface area (Å²) in [5, 5.41) is 1.14. The van der Waals surface area contributed by atoms with E-state index < -0.39 is 0 Å². The second-order valence-electron chi connectivity index (χ2n) is 4.40. The number of carbonyl (C=O) groups is 1. The molecule has 0 unspecified atom stereocenters. The molecule has 1 rings (SSSR count). The molecule has 1 amide bonds. The van der Waals surface area contributed by atoms with Crippen LogP contribution in [0.15, 0.2) is 18.2 Å². The monoisotopic (exact) mass is 266 g/mol. The minimum absolute atomic E-state index is 0.0349. The molecule has 0 saturated carbocycles. The molecule has 0 bridgehead atoms. The standard InChI is InChI=1S/C14H22N2O3/c1-16(15)14(17)7-5-4-6-11-8-9-12(18-2)13(10-11)19-3/h8-10H,4-7,15H2,1-3H3. The Morgan fingerprint density at radius 3 is 2.47 bits per heavy atom. The predicted molar refractivity (Wildman–Crippen MR) is 74.1 cm³/mol. The Bertz CT molecular complexity index is 419. The van der Waals surface area contributed by atoms with E-state index >= 15 is 0 Å². The average molecular weight is 266 g/mol. The number of methoxy groups -OCH3 is 2. The first kappa shape index (κ1) is 15.3. The largest absolute Gasteiger partial charge is 0.493 e. The van der Waals surface area contributed by atoms with Crippen LogP contribution in [0, 0.1) is 0 Å². The lowest BCUT2D eigenvalue weighted by molar-refractivity contribution is -0.130. The third-order valence-corrected chi connectivity index (χ3v) is 2.95. The molecule has 0 saturated heterocycles. The number of carbonyl (C=O) groups excluding carboxylic acids is 1. The number of nitrogens with zero attached hydrogens (tertiary/aromatic N) is 1. The van der Waals surface area contributed by atoms with Gasteiger partial charge < -0.3 is 9.47 Å². The van der Waals surface area contributed by atoms with Crippen LogP contribution in [0.25, 0.3) is 0 Å². The number of hydrazine groups is 1. The lowest BCUT2D eigenvalue weighted by Gasteiger charge is -2.10. The molecule has 0 fully saturated rings. The van der Waals surface area contributed by atoms with Gasteiger partial charge >= 0.3 is 0 Å². The van der Waals surface area contributed by atoms with E-state index in [2.05, 4.69) is 0 Å². The number of rotatable bonds is 7. The Hall–Kier alpha value is -1.75. The Kier molecular flexibility index (Phi) is 6.15. The molecule has 2 N–H and O–H groups in total. The zero-order chi connectivity index (χ0) is 14.3. The van der Waals surface area contributed by atoms with E-state index in [0.29, 0.717) is 6.42 Å². The fraction of sp³-hybridized carbons (Fsp3) is 0.500. The van der Waals surface area contributed by atoms with Crippen LogP contribution < -0.4 is 15.3 Å². The molecule has 0 aliphatic carbocycles. The van der Waals surface area contributed by atoms with Crippen molar-refractivity contribution in [1.82, 2.24) is 5.01 Å². The first-order valence-electron chi connectivity index (χ1n) is 6.30. The number of hydrogen-bond acceptors (Lipinski definition) is 4. The van der Waals surface area contributed by atoms with E-state index in [1.807, 2.05) is 18.2 Å². The first-order valence-corrected chi connectivity index (χ1v) is 6.30. The van der Waals surface area contributed by atoms with Gasteiger partial charge in [0.05, 0.1) is 14.2 Å². The van der Waals surface area contributed by atoms with Gasteiger partial charge in [-0.3, -0.25) is 9.80 Å². The van der Waals surface area contributed by atoms with Crippen molar-refractivity contribution in [3.8, 4) is 11.5 Å². The van der Waals surface area contributed by atoms with Crippen molar-refractivity contribution in [1.29, 1.82) is 0 Å². The summed E-state index contributed by atoms with van der Waals surface area (Å²) in [6.45, 7) is 0.